The van der Waals surface area contributed by atoms with E-state index in [1.807, 2.05) is 0 Å². The number of benzene rings is 2. The van der Waals surface area contributed by atoms with Crippen molar-refractivity contribution in [1.82, 2.24) is 4.90 Å². The van der Waals surface area contributed by atoms with Gasteiger partial charge in [0.25, 0.3) is 0 Å². The zero-order chi connectivity index (χ0) is 20.8. The summed E-state index contributed by atoms with van der Waals surface area (Å²) >= 11 is 0. The zero-order valence-corrected chi connectivity index (χ0v) is 18.1. The SMILES string of the molecule is CCN(C)CCCCNc1ccccc1N(C)c1ccc(C)cc1.COCO. The Balaban J connectivity index is 0.000000892. The molecule has 0 atom stereocenters. The van der Waals surface area contributed by atoms with Crippen LogP contribution in [0.3, 0.4) is 0 Å². The first kappa shape index (κ1) is 24.0. The van der Waals surface area contributed by atoms with E-state index in [2.05, 4.69) is 96.3 Å². The first-order valence-corrected chi connectivity index (χ1v) is 9.95. The van der Waals surface area contributed by atoms with Gasteiger partial charge in [-0.1, -0.05) is 36.8 Å². The number of aliphatic hydroxyl groups excluding tert-OH is 1. The lowest BCUT2D eigenvalue weighted by atomic mass is 10.2. The Morgan fingerprint density at radius 3 is 2.25 bits per heavy atom. The van der Waals surface area contributed by atoms with Crippen LogP contribution in [-0.4, -0.2) is 57.6 Å². The van der Waals surface area contributed by atoms with Crippen molar-refractivity contribution in [1.29, 1.82) is 0 Å². The van der Waals surface area contributed by atoms with E-state index in [4.69, 9.17) is 5.11 Å². The number of aliphatic hydroxyl groups is 1. The summed E-state index contributed by atoms with van der Waals surface area (Å²) in [5, 5.41) is 11.3. The topological polar surface area (TPSA) is 48.0 Å². The summed E-state index contributed by atoms with van der Waals surface area (Å²) in [5.74, 6) is 0. The second-order valence-electron chi connectivity index (χ2n) is 6.86. The first-order chi connectivity index (χ1) is 13.5. The number of hydrogen-bond donors (Lipinski definition) is 2. The molecule has 5 nitrogen and oxygen atoms in total. The fourth-order valence-electron chi connectivity index (χ4n) is 2.71. The molecule has 2 rings (SSSR count). The molecule has 0 heterocycles. The average Bonchev–Trinajstić information content (AvgIpc) is 2.73. The van der Waals surface area contributed by atoms with Gasteiger partial charge in [0.2, 0.25) is 0 Å². The Morgan fingerprint density at radius 1 is 1.00 bits per heavy atom. The summed E-state index contributed by atoms with van der Waals surface area (Å²) in [7, 11) is 5.74. The van der Waals surface area contributed by atoms with Crippen molar-refractivity contribution in [2.45, 2.75) is 26.7 Å². The third-order valence-electron chi connectivity index (χ3n) is 4.64. The van der Waals surface area contributed by atoms with Crippen LogP contribution < -0.4 is 10.2 Å². The minimum Gasteiger partial charge on any atom is -0.383 e. The summed E-state index contributed by atoms with van der Waals surface area (Å²) in [4.78, 5) is 4.60. The van der Waals surface area contributed by atoms with Gasteiger partial charge in [0.1, 0.15) is 6.79 Å². The van der Waals surface area contributed by atoms with Crippen LogP contribution in [0.2, 0.25) is 0 Å². The zero-order valence-electron chi connectivity index (χ0n) is 18.1. The minimum atomic E-state index is -0.181. The molecule has 28 heavy (non-hydrogen) atoms. The van der Waals surface area contributed by atoms with Crippen LogP contribution in [0.15, 0.2) is 48.5 Å². The van der Waals surface area contributed by atoms with E-state index < -0.39 is 0 Å². The van der Waals surface area contributed by atoms with Crippen molar-refractivity contribution in [2.24, 2.45) is 0 Å². The van der Waals surface area contributed by atoms with E-state index in [0.29, 0.717) is 0 Å². The highest BCUT2D eigenvalue weighted by molar-refractivity contribution is 5.76. The molecule has 0 aliphatic rings. The molecule has 5 heteroatoms. The Hall–Kier alpha value is -2.08. The van der Waals surface area contributed by atoms with Crippen LogP contribution in [0.1, 0.15) is 25.3 Å². The fraction of sp³-hybridized carbons (Fsp3) is 0.478. The third kappa shape index (κ3) is 8.74. The summed E-state index contributed by atoms with van der Waals surface area (Å²) < 4.78 is 4.10. The summed E-state index contributed by atoms with van der Waals surface area (Å²) in [6.45, 7) is 7.45. The van der Waals surface area contributed by atoms with Crippen molar-refractivity contribution in [3.05, 3.63) is 54.1 Å². The van der Waals surface area contributed by atoms with Crippen LogP contribution in [0.25, 0.3) is 0 Å². The molecule has 0 unspecified atom stereocenters. The highest BCUT2D eigenvalue weighted by Crippen LogP contribution is 2.30. The van der Waals surface area contributed by atoms with Crippen molar-refractivity contribution in [3.63, 3.8) is 0 Å². The van der Waals surface area contributed by atoms with E-state index in [9.17, 15) is 0 Å². The van der Waals surface area contributed by atoms with Crippen LogP contribution >= 0.6 is 0 Å². The molecular weight excluding hydrogens is 350 g/mol. The quantitative estimate of drug-likeness (QED) is 0.465. The molecule has 2 aromatic rings. The van der Waals surface area contributed by atoms with Gasteiger partial charge in [0.15, 0.2) is 0 Å². The van der Waals surface area contributed by atoms with Gasteiger partial charge in [0, 0.05) is 26.4 Å². The van der Waals surface area contributed by atoms with E-state index >= 15 is 0 Å². The monoisotopic (exact) mass is 387 g/mol. The number of anilines is 3. The van der Waals surface area contributed by atoms with Gasteiger partial charge in [0.05, 0.1) is 11.4 Å². The molecule has 0 saturated heterocycles. The molecule has 0 saturated carbocycles. The smallest absolute Gasteiger partial charge is 0.143 e. The molecule has 0 aliphatic carbocycles. The second kappa shape index (κ2) is 14.0. The lowest BCUT2D eigenvalue weighted by Crippen LogP contribution is -2.19. The maximum Gasteiger partial charge on any atom is 0.143 e. The number of nitrogens with one attached hydrogen (secondary N) is 1. The molecule has 2 aromatic carbocycles. The third-order valence-corrected chi connectivity index (χ3v) is 4.64. The maximum absolute atomic E-state index is 7.65. The van der Waals surface area contributed by atoms with Crippen molar-refractivity contribution >= 4 is 17.1 Å². The number of nitrogens with zero attached hydrogens (tertiary/aromatic N) is 2. The van der Waals surface area contributed by atoms with E-state index in [1.165, 1.54) is 49.1 Å². The number of ether oxygens (including phenoxy) is 1. The number of unbranched alkanes of at least 4 members (excludes halogenated alkanes) is 1. The van der Waals surface area contributed by atoms with Gasteiger partial charge in [-0.25, -0.2) is 0 Å². The largest absolute Gasteiger partial charge is 0.383 e. The van der Waals surface area contributed by atoms with E-state index in [1.54, 1.807) is 0 Å². The number of rotatable bonds is 10. The number of para-hydroxylation sites is 2. The standard InChI is InChI=1S/C21H31N3.C2H6O2/c1-5-23(3)17-9-8-16-22-20-10-6-7-11-21(20)24(4)19-14-12-18(2)13-15-19;1-4-2-3/h6-7,10-15,22H,5,8-9,16-17H2,1-4H3;3H,2H2,1H3. The average molecular weight is 388 g/mol. The van der Waals surface area contributed by atoms with Crippen LogP contribution in [-0.2, 0) is 4.74 Å². The Kier molecular flexibility index (Phi) is 12.0. The molecular formula is C23H37N3O2. The Labute approximate surface area is 170 Å². The molecule has 0 spiro atoms. The molecule has 0 radical (unpaired) electrons. The van der Waals surface area contributed by atoms with Crippen LogP contribution in [0, 0.1) is 6.92 Å². The Bertz CT molecular complexity index is 645. The van der Waals surface area contributed by atoms with Crippen LogP contribution in [0.4, 0.5) is 17.1 Å². The molecule has 0 bridgehead atoms. The fourth-order valence-corrected chi connectivity index (χ4v) is 2.71. The summed E-state index contributed by atoms with van der Waals surface area (Å²) in [5.41, 5.74) is 4.91. The molecule has 0 aromatic heterocycles. The van der Waals surface area contributed by atoms with E-state index in [-0.39, 0.29) is 6.79 Å². The maximum atomic E-state index is 7.65. The highest BCUT2D eigenvalue weighted by Gasteiger charge is 2.08. The molecule has 0 aliphatic heterocycles. The normalized spacial score (nSPS) is 10.4. The first-order valence-electron chi connectivity index (χ1n) is 9.95. The van der Waals surface area contributed by atoms with Gasteiger partial charge in [-0.3, -0.25) is 0 Å². The molecule has 2 N–H and O–H groups in total. The molecule has 0 amide bonds. The molecule has 156 valence electrons. The summed E-state index contributed by atoms with van der Waals surface area (Å²) in [6.07, 6.45) is 2.42. The van der Waals surface area contributed by atoms with Gasteiger partial charge in [-0.2, -0.15) is 0 Å². The lowest BCUT2D eigenvalue weighted by Gasteiger charge is -2.23. The Morgan fingerprint density at radius 2 is 1.64 bits per heavy atom. The van der Waals surface area contributed by atoms with Gasteiger partial charge in [-0.05, 0) is 64.2 Å². The van der Waals surface area contributed by atoms with E-state index in [0.717, 1.165) is 13.1 Å². The summed E-state index contributed by atoms with van der Waals surface area (Å²) in [6, 6.07) is 17.2. The van der Waals surface area contributed by atoms with Gasteiger partial charge in [-0.15, -0.1) is 0 Å². The van der Waals surface area contributed by atoms with Crippen molar-refractivity contribution < 1.29 is 9.84 Å². The predicted octanol–water partition coefficient (Wildman–Crippen LogP) is 4.49. The predicted molar refractivity (Wildman–Crippen MR) is 121 cm³/mol. The van der Waals surface area contributed by atoms with Gasteiger partial charge >= 0.3 is 0 Å². The minimum absolute atomic E-state index is 0.181. The van der Waals surface area contributed by atoms with Crippen LogP contribution in [0.5, 0.6) is 0 Å². The number of aryl methyl sites for hydroxylation is 1. The second-order valence-corrected chi connectivity index (χ2v) is 6.86. The van der Waals surface area contributed by atoms with Gasteiger partial charge < -0.3 is 25.0 Å². The number of methoxy groups -OCH3 is 1. The van der Waals surface area contributed by atoms with Crippen molar-refractivity contribution in [2.75, 3.05) is 57.8 Å². The molecule has 0 fully saturated rings. The highest BCUT2D eigenvalue weighted by atomic mass is 16.6. The lowest BCUT2D eigenvalue weighted by molar-refractivity contribution is 0.0325. The van der Waals surface area contributed by atoms with Crippen molar-refractivity contribution in [3.8, 4) is 0 Å². The number of hydrogen-bond acceptors (Lipinski definition) is 5.